The fraction of sp³-hybridized carbons (Fsp3) is 0.923. The lowest BCUT2D eigenvalue weighted by atomic mass is 10.2. The molecule has 1 saturated heterocycles. The monoisotopic (exact) mass is 528 g/mol. The number of hydrogen-bond acceptors (Lipinski definition) is 6. The van der Waals surface area contributed by atoms with Crippen molar-refractivity contribution in [2.45, 2.75) is 55.2 Å². The van der Waals surface area contributed by atoms with E-state index in [1.807, 2.05) is 4.74 Å². The molecular weight excluding hydrogens is 518 g/mol. The second kappa shape index (κ2) is 8.75. The Labute approximate surface area is 172 Å². The third-order valence-electron chi connectivity index (χ3n) is 3.47. The van der Waals surface area contributed by atoms with Crippen molar-refractivity contribution in [1.82, 2.24) is 0 Å². The van der Waals surface area contributed by atoms with Gasteiger partial charge in [-0.25, -0.2) is 4.79 Å². The fourth-order valence-corrected chi connectivity index (χ4v) is 1.76. The van der Waals surface area contributed by atoms with Crippen molar-refractivity contribution in [1.29, 1.82) is 0 Å². The number of carbonyl (C=O) groups is 1. The third kappa shape index (κ3) is 6.19. The first kappa shape index (κ1) is 29.2. The summed E-state index contributed by atoms with van der Waals surface area (Å²) in [7, 11) is 0. The van der Waals surface area contributed by atoms with Crippen molar-refractivity contribution in [3.8, 4) is 0 Å². The minimum atomic E-state index is -7.48. The zero-order valence-electron chi connectivity index (χ0n) is 15.4. The molecule has 0 spiro atoms. The van der Waals surface area contributed by atoms with Crippen LogP contribution >= 0.6 is 0 Å². The van der Waals surface area contributed by atoms with Crippen LogP contribution in [0.3, 0.4) is 0 Å². The van der Waals surface area contributed by atoms with Crippen LogP contribution in [0, 0.1) is 0 Å². The quantitative estimate of drug-likeness (QED) is 0.298. The number of cyclic esters (lactones) is 2. The van der Waals surface area contributed by atoms with Gasteiger partial charge in [0.2, 0.25) is 0 Å². The predicted molar refractivity (Wildman–Crippen MR) is 69.5 cm³/mol. The molecule has 0 N–H and O–H groups in total. The van der Waals surface area contributed by atoms with E-state index >= 15 is 0 Å². The molecule has 196 valence electrons. The summed E-state index contributed by atoms with van der Waals surface area (Å²) in [5.41, 5.74) is 0. The van der Waals surface area contributed by atoms with Crippen molar-refractivity contribution < 1.29 is 89.9 Å². The molecule has 1 rings (SSSR count). The molecule has 6 nitrogen and oxygen atoms in total. The normalized spacial score (nSPS) is 22.4. The third-order valence-corrected chi connectivity index (χ3v) is 3.47. The predicted octanol–water partition coefficient (Wildman–Crippen LogP) is 4.87. The zero-order valence-corrected chi connectivity index (χ0v) is 15.4. The maximum atomic E-state index is 14.1. The Morgan fingerprint density at radius 1 is 0.818 bits per heavy atom. The van der Waals surface area contributed by atoms with E-state index in [2.05, 4.69) is 18.9 Å². The van der Waals surface area contributed by atoms with Crippen LogP contribution in [-0.2, 0) is 23.7 Å². The molecule has 0 aromatic carbocycles. The summed E-state index contributed by atoms with van der Waals surface area (Å²) >= 11 is 0. The van der Waals surface area contributed by atoms with Crippen LogP contribution in [0.15, 0.2) is 0 Å². The molecule has 0 aromatic heterocycles. The fourth-order valence-electron chi connectivity index (χ4n) is 1.76. The summed E-state index contributed by atoms with van der Waals surface area (Å²) in [6.07, 6.45) is -31.2. The van der Waals surface area contributed by atoms with Crippen LogP contribution in [0.2, 0.25) is 0 Å². The van der Waals surface area contributed by atoms with E-state index in [9.17, 15) is 66.3 Å². The molecule has 0 bridgehead atoms. The lowest BCUT2D eigenvalue weighted by Gasteiger charge is -2.40. The maximum Gasteiger partial charge on any atom is 0.508 e. The molecule has 1 aliphatic rings. The van der Waals surface area contributed by atoms with E-state index in [4.69, 9.17) is 0 Å². The summed E-state index contributed by atoms with van der Waals surface area (Å²) in [5.74, 6) is -19.3. The van der Waals surface area contributed by atoms with Crippen molar-refractivity contribution >= 4 is 6.16 Å². The number of rotatable bonds is 10. The van der Waals surface area contributed by atoms with E-state index in [0.717, 1.165) is 0 Å². The van der Waals surface area contributed by atoms with E-state index in [-0.39, 0.29) is 0 Å². The molecule has 1 aliphatic heterocycles. The highest BCUT2D eigenvalue weighted by molar-refractivity contribution is 5.61. The highest BCUT2D eigenvalue weighted by atomic mass is 19.4. The lowest BCUT2D eigenvalue weighted by molar-refractivity contribution is -0.543. The van der Waals surface area contributed by atoms with Gasteiger partial charge in [0.05, 0.1) is 6.61 Å². The molecule has 1 fully saturated rings. The van der Waals surface area contributed by atoms with Crippen molar-refractivity contribution in [3.63, 3.8) is 0 Å². The van der Waals surface area contributed by atoms with Crippen LogP contribution in [0.5, 0.6) is 0 Å². The SMILES string of the molecule is CC(F)(F)C(F)(F)OC(F)(C(F)(F)F)C(F)(F)OC(F)(COCC1COC(=O)O1)C(F)(F)F. The zero-order chi connectivity index (χ0) is 26.3. The number of alkyl halides is 14. The number of ether oxygens (including phenoxy) is 5. The van der Waals surface area contributed by atoms with Crippen molar-refractivity contribution in [3.05, 3.63) is 0 Å². The molecule has 20 heteroatoms. The van der Waals surface area contributed by atoms with E-state index < -0.39 is 81.2 Å². The Morgan fingerprint density at radius 2 is 1.33 bits per heavy atom. The molecule has 1 heterocycles. The molecule has 0 aromatic rings. The summed E-state index contributed by atoms with van der Waals surface area (Å²) in [6.45, 7) is -5.66. The first-order valence-electron chi connectivity index (χ1n) is 7.85. The second-order valence-corrected chi connectivity index (χ2v) is 6.26. The minimum Gasteiger partial charge on any atom is -0.430 e. The Bertz CT molecular complexity index is 703. The highest BCUT2D eigenvalue weighted by Crippen LogP contribution is 2.54. The van der Waals surface area contributed by atoms with Gasteiger partial charge in [-0.05, 0) is 0 Å². The van der Waals surface area contributed by atoms with Gasteiger partial charge in [-0.15, -0.1) is 0 Å². The average Bonchev–Trinajstić information content (AvgIpc) is 2.96. The summed E-state index contributed by atoms with van der Waals surface area (Å²) < 4.78 is 200. The number of hydrogen-bond donors (Lipinski definition) is 0. The topological polar surface area (TPSA) is 63.2 Å². The Hall–Kier alpha value is -1.83. The average molecular weight is 528 g/mol. The van der Waals surface area contributed by atoms with Crippen LogP contribution in [-0.4, -0.2) is 74.3 Å². The second-order valence-electron chi connectivity index (χ2n) is 6.26. The number of carbonyl (C=O) groups excluding carboxylic acids is 1. The van der Waals surface area contributed by atoms with Gasteiger partial charge in [0, 0.05) is 6.92 Å². The van der Waals surface area contributed by atoms with Gasteiger partial charge in [-0.3, -0.25) is 9.47 Å². The van der Waals surface area contributed by atoms with Crippen LogP contribution in [0.1, 0.15) is 6.92 Å². The van der Waals surface area contributed by atoms with Crippen LogP contribution < -0.4 is 0 Å². The highest BCUT2D eigenvalue weighted by Gasteiger charge is 2.81. The molecule has 33 heavy (non-hydrogen) atoms. The van der Waals surface area contributed by atoms with Crippen molar-refractivity contribution in [2.75, 3.05) is 19.8 Å². The van der Waals surface area contributed by atoms with E-state index in [0.29, 0.717) is 0 Å². The molecular formula is C13H10F14O6. The summed E-state index contributed by atoms with van der Waals surface area (Å²) in [5, 5.41) is 0. The Kier molecular flexibility index (Phi) is 7.74. The lowest BCUT2D eigenvalue weighted by Crippen LogP contribution is -2.66. The van der Waals surface area contributed by atoms with Gasteiger partial charge >= 0.3 is 48.4 Å². The van der Waals surface area contributed by atoms with Gasteiger partial charge in [0.25, 0.3) is 0 Å². The minimum absolute atomic E-state index is 0.697. The van der Waals surface area contributed by atoms with Crippen LogP contribution in [0.4, 0.5) is 66.3 Å². The first-order valence-corrected chi connectivity index (χ1v) is 7.85. The summed E-state index contributed by atoms with van der Waals surface area (Å²) in [6, 6.07) is 0. The first-order chi connectivity index (χ1) is 14.4. The van der Waals surface area contributed by atoms with Gasteiger partial charge in [-0.1, -0.05) is 0 Å². The maximum absolute atomic E-state index is 14.1. The summed E-state index contributed by atoms with van der Waals surface area (Å²) in [4.78, 5) is 10.6. The molecule has 3 unspecified atom stereocenters. The Balaban J connectivity index is 3.24. The van der Waals surface area contributed by atoms with E-state index in [1.165, 1.54) is 0 Å². The number of halogens is 14. The van der Waals surface area contributed by atoms with Gasteiger partial charge in [0.1, 0.15) is 13.2 Å². The molecule has 3 atom stereocenters. The van der Waals surface area contributed by atoms with Gasteiger partial charge < -0.3 is 14.2 Å². The molecule has 0 amide bonds. The van der Waals surface area contributed by atoms with Gasteiger partial charge in [-0.2, -0.15) is 61.5 Å². The molecule has 0 aliphatic carbocycles. The standard InChI is InChI=1S/C13H10F14O6/c1-7(14,15)12(24,25)33-9(17,11(21,22)23)13(26,27)32-8(16,10(18,19)20)4-29-2-5-3-30-6(28)31-5/h5H,2-4H2,1H3. The van der Waals surface area contributed by atoms with Crippen molar-refractivity contribution in [2.24, 2.45) is 0 Å². The molecule has 0 saturated carbocycles. The van der Waals surface area contributed by atoms with Gasteiger partial charge in [0.15, 0.2) is 6.10 Å². The van der Waals surface area contributed by atoms with E-state index in [1.54, 1.807) is 0 Å². The Morgan fingerprint density at radius 3 is 1.70 bits per heavy atom. The molecule has 0 radical (unpaired) electrons. The smallest absolute Gasteiger partial charge is 0.430 e. The van der Waals surface area contributed by atoms with Crippen LogP contribution in [0.25, 0.3) is 0 Å². The largest absolute Gasteiger partial charge is 0.508 e.